The number of nitrogens with zero attached hydrogens (tertiary/aromatic N) is 2. The monoisotopic (exact) mass is 435 g/mol. The number of nitrogens with one attached hydrogen (secondary N) is 1. The van der Waals surface area contributed by atoms with Crippen molar-refractivity contribution in [3.05, 3.63) is 28.2 Å². The Labute approximate surface area is 164 Å². The average molecular weight is 437 g/mol. The molecule has 2 amide bonds. The Kier molecular flexibility index (Phi) is 6.82. The third-order valence-electron chi connectivity index (χ3n) is 4.83. The zero-order chi connectivity index (χ0) is 16.4. The minimum atomic E-state index is -0.0665. The van der Waals surface area contributed by atoms with E-state index < -0.39 is 0 Å². The molecular weight excluding hydrogens is 413 g/mol. The first-order chi connectivity index (χ1) is 10.9. The summed E-state index contributed by atoms with van der Waals surface area (Å²) in [6, 6.07) is 5.03. The van der Waals surface area contributed by atoms with Gasteiger partial charge < -0.3 is 31.7 Å². The van der Waals surface area contributed by atoms with Gasteiger partial charge in [-0.3, -0.25) is 0 Å². The van der Waals surface area contributed by atoms with Crippen LogP contribution in [0.25, 0.3) is 0 Å². The summed E-state index contributed by atoms with van der Waals surface area (Å²) >= 11 is 12.0. The molecule has 2 fully saturated rings. The number of carbonyl (C=O) groups excluding carboxylic acids is 1. The maximum absolute atomic E-state index is 12.5. The van der Waals surface area contributed by atoms with Gasteiger partial charge in [0, 0.05) is 34.6 Å². The topological polar surface area (TPSA) is 32.3 Å². The molecule has 134 valence electrons. The first-order valence-electron chi connectivity index (χ1n) is 8.29. The van der Waals surface area contributed by atoms with Gasteiger partial charge in [-0.2, -0.15) is 0 Å². The van der Waals surface area contributed by atoms with Gasteiger partial charge in [-0.1, -0.05) is 23.2 Å². The number of amides is 2. The van der Waals surface area contributed by atoms with E-state index in [2.05, 4.69) is 12.4 Å². The highest BCUT2D eigenvalue weighted by atomic mass is 79.9. The number of anilines is 1. The molecule has 1 N–H and O–H groups in total. The van der Waals surface area contributed by atoms with Gasteiger partial charge in [-0.15, -0.1) is 0 Å². The molecule has 1 aromatic carbocycles. The summed E-state index contributed by atoms with van der Waals surface area (Å²) in [6.07, 6.45) is 3.81. The van der Waals surface area contributed by atoms with Crippen molar-refractivity contribution >= 4 is 34.9 Å². The lowest BCUT2D eigenvalue weighted by atomic mass is 10.3. The van der Waals surface area contributed by atoms with E-state index in [1.165, 1.54) is 19.4 Å². The second-order valence-electron chi connectivity index (χ2n) is 7.12. The maximum Gasteiger partial charge on any atom is 0.322 e. The second kappa shape index (κ2) is 8.26. The Balaban J connectivity index is 0.00000208. The lowest BCUT2D eigenvalue weighted by molar-refractivity contribution is -0.909. The summed E-state index contributed by atoms with van der Waals surface area (Å²) in [6.45, 7) is 5.05. The van der Waals surface area contributed by atoms with Crippen LogP contribution in [-0.4, -0.2) is 55.2 Å². The Bertz CT molecular complexity index is 577. The van der Waals surface area contributed by atoms with Crippen LogP contribution in [0.2, 0.25) is 10.0 Å². The molecule has 1 aliphatic carbocycles. The van der Waals surface area contributed by atoms with E-state index in [0.717, 1.165) is 43.0 Å². The zero-order valence-electron chi connectivity index (χ0n) is 13.9. The van der Waals surface area contributed by atoms with Crippen LogP contribution < -0.4 is 22.3 Å². The second-order valence-corrected chi connectivity index (χ2v) is 7.99. The van der Waals surface area contributed by atoms with Gasteiger partial charge in [-0.25, -0.2) is 4.79 Å². The van der Waals surface area contributed by atoms with Gasteiger partial charge in [0.2, 0.25) is 0 Å². The molecule has 1 unspecified atom stereocenters. The molecule has 24 heavy (non-hydrogen) atoms. The van der Waals surface area contributed by atoms with E-state index in [9.17, 15) is 4.79 Å². The summed E-state index contributed by atoms with van der Waals surface area (Å²) in [5.74, 6) is 0.911. The Morgan fingerprint density at radius 3 is 2.50 bits per heavy atom. The lowest BCUT2D eigenvalue weighted by Gasteiger charge is -2.33. The van der Waals surface area contributed by atoms with Crippen LogP contribution in [0.5, 0.6) is 0 Å². The number of carbonyl (C=O) groups is 1. The average Bonchev–Trinajstić information content (AvgIpc) is 3.26. The fraction of sp³-hybridized carbons (Fsp3) is 0.588. The van der Waals surface area contributed by atoms with Crippen molar-refractivity contribution in [3.63, 3.8) is 0 Å². The number of rotatable bonds is 3. The van der Waals surface area contributed by atoms with Crippen LogP contribution >= 0.6 is 23.2 Å². The molecule has 1 saturated heterocycles. The summed E-state index contributed by atoms with van der Waals surface area (Å²) < 4.78 is 1.09. The fourth-order valence-corrected chi connectivity index (χ4v) is 3.89. The molecule has 3 rings (SSSR count). The lowest BCUT2D eigenvalue weighted by Crippen LogP contribution is -3.00. The van der Waals surface area contributed by atoms with Crippen molar-refractivity contribution in [3.8, 4) is 0 Å². The highest BCUT2D eigenvalue weighted by molar-refractivity contribution is 6.35. The Morgan fingerprint density at radius 2 is 1.88 bits per heavy atom. The SMILES string of the molecule is C[N+]1(CC2CC2)CCCN(C(=O)Nc2cc(Cl)cc(Cl)c2)CC1.[Br-]. The quantitative estimate of drug-likeness (QED) is 0.706. The van der Waals surface area contributed by atoms with E-state index in [1.807, 2.05) is 4.90 Å². The summed E-state index contributed by atoms with van der Waals surface area (Å²) in [5.41, 5.74) is 0.645. The Hall–Kier alpha value is -0.490. The normalized spacial score (nSPS) is 24.0. The molecule has 7 heteroatoms. The number of quaternary nitrogens is 1. The van der Waals surface area contributed by atoms with E-state index in [0.29, 0.717) is 15.7 Å². The highest BCUT2D eigenvalue weighted by Crippen LogP contribution is 2.32. The molecule has 1 aliphatic heterocycles. The number of benzene rings is 1. The maximum atomic E-state index is 12.5. The van der Waals surface area contributed by atoms with Crippen LogP contribution in [0.3, 0.4) is 0 Å². The van der Waals surface area contributed by atoms with Gasteiger partial charge in [0.15, 0.2) is 0 Å². The van der Waals surface area contributed by atoms with Crippen molar-refractivity contribution in [2.45, 2.75) is 19.3 Å². The number of hydrogen-bond donors (Lipinski definition) is 1. The molecule has 1 saturated carbocycles. The smallest absolute Gasteiger partial charge is 0.322 e. The molecule has 0 spiro atoms. The highest BCUT2D eigenvalue weighted by Gasteiger charge is 2.35. The number of urea groups is 1. The number of likely N-dealkylation sites (N-methyl/N-ethyl adjacent to an activating group) is 1. The summed E-state index contributed by atoms with van der Waals surface area (Å²) in [5, 5.41) is 3.96. The van der Waals surface area contributed by atoms with Crippen LogP contribution in [0.15, 0.2) is 18.2 Å². The molecule has 0 aromatic heterocycles. The largest absolute Gasteiger partial charge is 1.00 e. The van der Waals surface area contributed by atoms with Crippen molar-refractivity contribution < 1.29 is 26.3 Å². The number of hydrogen-bond acceptors (Lipinski definition) is 1. The third kappa shape index (κ3) is 5.51. The molecule has 1 atom stereocenters. The van der Waals surface area contributed by atoms with Crippen LogP contribution in [0.1, 0.15) is 19.3 Å². The van der Waals surface area contributed by atoms with Gasteiger partial charge >= 0.3 is 6.03 Å². The van der Waals surface area contributed by atoms with Crippen LogP contribution in [0.4, 0.5) is 10.5 Å². The summed E-state index contributed by atoms with van der Waals surface area (Å²) in [7, 11) is 2.33. The molecule has 4 nitrogen and oxygen atoms in total. The minimum absolute atomic E-state index is 0. The molecule has 1 aromatic rings. The fourth-order valence-electron chi connectivity index (χ4n) is 3.37. The Morgan fingerprint density at radius 1 is 1.21 bits per heavy atom. The predicted molar refractivity (Wildman–Crippen MR) is 95.2 cm³/mol. The molecule has 0 radical (unpaired) electrons. The molecular formula is C17H24BrCl2N3O. The van der Waals surface area contributed by atoms with Crippen molar-refractivity contribution in [2.24, 2.45) is 5.92 Å². The van der Waals surface area contributed by atoms with Crippen molar-refractivity contribution in [2.75, 3.05) is 45.1 Å². The van der Waals surface area contributed by atoms with Crippen LogP contribution in [0, 0.1) is 5.92 Å². The van der Waals surface area contributed by atoms with Crippen LogP contribution in [-0.2, 0) is 0 Å². The first-order valence-corrected chi connectivity index (χ1v) is 9.05. The van der Waals surface area contributed by atoms with Gasteiger partial charge in [0.25, 0.3) is 0 Å². The minimum Gasteiger partial charge on any atom is -1.00 e. The number of halogens is 3. The molecule has 2 aliphatic rings. The zero-order valence-corrected chi connectivity index (χ0v) is 17.0. The van der Waals surface area contributed by atoms with Gasteiger partial charge in [0.1, 0.15) is 0 Å². The summed E-state index contributed by atoms with van der Waals surface area (Å²) in [4.78, 5) is 14.4. The first kappa shape index (κ1) is 19.8. The van der Waals surface area contributed by atoms with E-state index >= 15 is 0 Å². The molecule has 0 bridgehead atoms. The van der Waals surface area contributed by atoms with Gasteiger partial charge in [-0.05, 0) is 31.0 Å². The van der Waals surface area contributed by atoms with E-state index in [4.69, 9.17) is 23.2 Å². The third-order valence-corrected chi connectivity index (χ3v) is 5.27. The molecule has 1 heterocycles. The van der Waals surface area contributed by atoms with Crippen molar-refractivity contribution in [1.82, 2.24) is 4.90 Å². The standard InChI is InChI=1S/C17H23Cl2N3O.BrH/c1-22(12-13-3-4-13)7-2-5-21(6-8-22)17(23)20-16-10-14(18)9-15(19)11-16;/h9-11,13H,2-8,12H2,1H3;1H. The van der Waals surface area contributed by atoms with Gasteiger partial charge in [0.05, 0.1) is 33.2 Å². The van der Waals surface area contributed by atoms with Crippen molar-refractivity contribution in [1.29, 1.82) is 0 Å². The predicted octanol–water partition coefficient (Wildman–Crippen LogP) is 1.09. The van der Waals surface area contributed by atoms with E-state index in [-0.39, 0.29) is 23.0 Å². The van der Waals surface area contributed by atoms with E-state index in [1.54, 1.807) is 18.2 Å².